The van der Waals surface area contributed by atoms with Gasteiger partial charge in [-0.05, 0) is 37.1 Å². The Kier molecular flexibility index (Phi) is 6.90. The lowest BCUT2D eigenvalue weighted by atomic mass is 9.72. The highest BCUT2D eigenvalue weighted by atomic mass is 32.2. The van der Waals surface area contributed by atoms with Gasteiger partial charge in [0.2, 0.25) is 26.0 Å². The minimum Gasteiger partial charge on any atom is -0.465 e. The molecule has 13 heteroatoms. The molecule has 35 heavy (non-hydrogen) atoms. The Balaban J connectivity index is 1.40. The number of benzene rings is 1. The second-order valence-electron chi connectivity index (χ2n) is 9.60. The number of hydrogen-bond donors (Lipinski definition) is 1. The topological polar surface area (TPSA) is 136 Å². The van der Waals surface area contributed by atoms with Crippen LogP contribution < -0.4 is 0 Å². The average Bonchev–Trinajstić information content (AvgIpc) is 2.77. The van der Waals surface area contributed by atoms with Gasteiger partial charge in [-0.3, -0.25) is 4.79 Å². The van der Waals surface area contributed by atoms with E-state index < -0.39 is 32.1 Å². The van der Waals surface area contributed by atoms with E-state index in [1.807, 2.05) is 0 Å². The van der Waals surface area contributed by atoms with Crippen molar-refractivity contribution in [2.24, 2.45) is 11.3 Å². The summed E-state index contributed by atoms with van der Waals surface area (Å²) in [6, 6.07) is 5.24. The van der Waals surface area contributed by atoms with E-state index in [4.69, 9.17) is 5.11 Å². The van der Waals surface area contributed by atoms with Gasteiger partial charge < -0.3 is 14.9 Å². The number of rotatable bonds is 7. The molecule has 4 rings (SSSR count). The Bertz CT molecular complexity index is 1180. The molecule has 1 aromatic rings. The van der Waals surface area contributed by atoms with Crippen LogP contribution in [0.3, 0.4) is 0 Å². The number of amides is 2. The lowest BCUT2D eigenvalue weighted by Gasteiger charge is -2.59. The van der Waals surface area contributed by atoms with E-state index in [-0.39, 0.29) is 27.7 Å². The number of nitrogens with zero attached hydrogens (tertiary/aromatic N) is 4. The summed E-state index contributed by atoms with van der Waals surface area (Å²) < 4.78 is 54.5. The van der Waals surface area contributed by atoms with Crippen LogP contribution in [0.1, 0.15) is 26.7 Å². The van der Waals surface area contributed by atoms with E-state index in [1.165, 1.54) is 37.8 Å². The van der Waals surface area contributed by atoms with Crippen LogP contribution in [0.25, 0.3) is 0 Å². The van der Waals surface area contributed by atoms with E-state index in [9.17, 15) is 26.4 Å². The predicted octanol–water partition coefficient (Wildman–Crippen LogP) is 0.940. The van der Waals surface area contributed by atoms with Crippen molar-refractivity contribution in [2.75, 3.05) is 52.4 Å². The molecule has 0 unspecified atom stereocenters. The zero-order chi connectivity index (χ0) is 25.6. The van der Waals surface area contributed by atoms with Gasteiger partial charge in [-0.2, -0.15) is 8.61 Å². The highest BCUT2D eigenvalue weighted by molar-refractivity contribution is 7.89. The lowest BCUT2D eigenvalue weighted by Crippen LogP contribution is -2.74. The van der Waals surface area contributed by atoms with Crippen LogP contribution in [0.4, 0.5) is 4.79 Å². The van der Waals surface area contributed by atoms with Crippen molar-refractivity contribution in [1.29, 1.82) is 0 Å². The molecule has 1 atom stereocenters. The fourth-order valence-corrected chi connectivity index (χ4v) is 8.27. The summed E-state index contributed by atoms with van der Waals surface area (Å²) in [6.07, 6.45) is 0.194. The molecular formula is C22H32N4O7S2. The summed E-state index contributed by atoms with van der Waals surface area (Å²) >= 11 is 0. The molecular weight excluding hydrogens is 496 g/mol. The van der Waals surface area contributed by atoms with Gasteiger partial charge in [-0.15, -0.1) is 0 Å². The maximum atomic E-state index is 13.3. The first-order chi connectivity index (χ1) is 16.4. The fraction of sp³-hybridized carbons (Fsp3) is 0.636. The summed E-state index contributed by atoms with van der Waals surface area (Å²) in [5.74, 6) is -0.543. The summed E-state index contributed by atoms with van der Waals surface area (Å²) in [6.45, 7) is 6.34. The molecule has 0 aliphatic carbocycles. The maximum Gasteiger partial charge on any atom is 0.407 e. The minimum absolute atomic E-state index is 0.00442. The van der Waals surface area contributed by atoms with Crippen LogP contribution in [0.15, 0.2) is 34.1 Å². The van der Waals surface area contributed by atoms with Gasteiger partial charge in [0, 0.05) is 57.8 Å². The first-order valence-electron chi connectivity index (χ1n) is 11.8. The van der Waals surface area contributed by atoms with Crippen molar-refractivity contribution in [3.8, 4) is 0 Å². The molecule has 3 saturated heterocycles. The largest absolute Gasteiger partial charge is 0.465 e. The third-order valence-electron chi connectivity index (χ3n) is 7.23. The van der Waals surface area contributed by atoms with Crippen LogP contribution in [-0.2, 0) is 24.8 Å². The van der Waals surface area contributed by atoms with Crippen LogP contribution >= 0.6 is 0 Å². The lowest BCUT2D eigenvalue weighted by molar-refractivity contribution is -0.160. The van der Waals surface area contributed by atoms with Crippen molar-refractivity contribution < 1.29 is 31.5 Å². The standard InChI is InChI=1S/C22H32N4O7S2/c1-3-25(4-2)34(30,31)18-7-9-19(10-8-18)35(32,33)26-11-5-6-17(12-26)20(27)23-13-22(14-23)15-24(16-22)21(28)29/h7-10,17H,3-6,11-16H2,1-2H3,(H,28,29)/t17-/m1/s1. The fourth-order valence-electron chi connectivity index (χ4n) is 5.28. The molecule has 1 spiro atoms. The van der Waals surface area contributed by atoms with E-state index in [2.05, 4.69) is 0 Å². The molecule has 3 fully saturated rings. The zero-order valence-corrected chi connectivity index (χ0v) is 21.6. The number of carbonyl (C=O) groups excluding carboxylic acids is 1. The Hall–Kier alpha value is -2.22. The Morgan fingerprint density at radius 3 is 2.06 bits per heavy atom. The van der Waals surface area contributed by atoms with Crippen LogP contribution in [0.2, 0.25) is 0 Å². The normalized spacial score (nSPS) is 22.7. The number of likely N-dealkylation sites (tertiary alicyclic amines) is 2. The molecule has 3 aliphatic rings. The molecule has 0 bridgehead atoms. The van der Waals surface area contributed by atoms with Gasteiger partial charge in [0.25, 0.3) is 0 Å². The second kappa shape index (κ2) is 9.34. The number of sulfonamides is 2. The van der Waals surface area contributed by atoms with Crippen molar-refractivity contribution in [3.63, 3.8) is 0 Å². The summed E-state index contributed by atoms with van der Waals surface area (Å²) in [4.78, 5) is 27.1. The van der Waals surface area contributed by atoms with E-state index in [1.54, 1.807) is 18.7 Å². The highest BCUT2D eigenvalue weighted by Crippen LogP contribution is 2.40. The van der Waals surface area contributed by atoms with Crippen LogP contribution in [-0.4, -0.2) is 105 Å². The number of carbonyl (C=O) groups is 2. The second-order valence-corrected chi connectivity index (χ2v) is 13.5. The first kappa shape index (κ1) is 25.9. The smallest absolute Gasteiger partial charge is 0.407 e. The molecule has 3 aliphatic heterocycles. The predicted molar refractivity (Wildman–Crippen MR) is 127 cm³/mol. The van der Waals surface area contributed by atoms with Crippen molar-refractivity contribution in [2.45, 2.75) is 36.5 Å². The number of piperidine rings is 1. The minimum atomic E-state index is -3.89. The van der Waals surface area contributed by atoms with Gasteiger partial charge in [0.05, 0.1) is 15.7 Å². The summed E-state index contributed by atoms with van der Waals surface area (Å²) in [7, 11) is -7.58. The Morgan fingerprint density at radius 1 is 0.971 bits per heavy atom. The zero-order valence-electron chi connectivity index (χ0n) is 20.0. The molecule has 2 amide bonds. The molecule has 0 radical (unpaired) electrons. The maximum absolute atomic E-state index is 13.3. The van der Waals surface area contributed by atoms with Crippen LogP contribution in [0, 0.1) is 11.3 Å². The van der Waals surface area contributed by atoms with E-state index >= 15 is 0 Å². The molecule has 1 N–H and O–H groups in total. The van der Waals surface area contributed by atoms with E-state index in [0.29, 0.717) is 58.7 Å². The van der Waals surface area contributed by atoms with Crippen LogP contribution in [0.5, 0.6) is 0 Å². The third-order valence-corrected chi connectivity index (χ3v) is 11.2. The monoisotopic (exact) mass is 528 g/mol. The highest BCUT2D eigenvalue weighted by Gasteiger charge is 2.55. The van der Waals surface area contributed by atoms with Crippen molar-refractivity contribution in [3.05, 3.63) is 24.3 Å². The average molecular weight is 529 g/mol. The molecule has 0 aromatic heterocycles. The molecule has 3 heterocycles. The van der Waals surface area contributed by atoms with Gasteiger partial charge in [0.15, 0.2) is 0 Å². The van der Waals surface area contributed by atoms with Gasteiger partial charge >= 0.3 is 6.09 Å². The number of hydrogen-bond acceptors (Lipinski definition) is 6. The SMILES string of the molecule is CCN(CC)S(=O)(=O)c1ccc(S(=O)(=O)N2CCC[C@@H](C(=O)N3CC4(CN(C(=O)O)C4)C3)C2)cc1. The number of carboxylic acid groups (broad SMARTS) is 1. The summed E-state index contributed by atoms with van der Waals surface area (Å²) in [5.41, 5.74) is -0.151. The van der Waals surface area contributed by atoms with Gasteiger partial charge in [-0.1, -0.05) is 13.8 Å². The Morgan fingerprint density at radius 2 is 1.51 bits per heavy atom. The van der Waals surface area contributed by atoms with Crippen molar-refractivity contribution in [1.82, 2.24) is 18.4 Å². The first-order valence-corrected chi connectivity index (χ1v) is 14.7. The summed E-state index contributed by atoms with van der Waals surface area (Å²) in [5, 5.41) is 9.02. The Labute approximate surface area is 206 Å². The third kappa shape index (κ3) is 4.66. The van der Waals surface area contributed by atoms with Gasteiger partial charge in [0.1, 0.15) is 0 Å². The van der Waals surface area contributed by atoms with E-state index in [0.717, 1.165) is 0 Å². The quantitative estimate of drug-likeness (QED) is 0.556. The van der Waals surface area contributed by atoms with Crippen molar-refractivity contribution >= 4 is 32.0 Å². The molecule has 1 aromatic carbocycles. The van der Waals surface area contributed by atoms with Gasteiger partial charge in [-0.25, -0.2) is 21.6 Å². The molecule has 11 nitrogen and oxygen atoms in total. The molecule has 0 saturated carbocycles. The molecule has 194 valence electrons.